The summed E-state index contributed by atoms with van der Waals surface area (Å²) in [5, 5.41) is 0. The predicted molar refractivity (Wildman–Crippen MR) is 59.0 cm³/mol. The van der Waals surface area contributed by atoms with Gasteiger partial charge in [0.25, 0.3) is 0 Å². The van der Waals surface area contributed by atoms with Crippen LogP contribution in [-0.4, -0.2) is 36.6 Å². The fourth-order valence-electron chi connectivity index (χ4n) is 3.43. The molecule has 3 fully saturated rings. The quantitative estimate of drug-likeness (QED) is 0.709. The van der Waals surface area contributed by atoms with E-state index < -0.39 is 11.2 Å². The average molecular weight is 241 g/mol. The van der Waals surface area contributed by atoms with Gasteiger partial charge >= 0.3 is 5.97 Å². The van der Waals surface area contributed by atoms with Crippen LogP contribution >= 0.6 is 0 Å². The summed E-state index contributed by atoms with van der Waals surface area (Å²) < 4.78 is 16.8. The molecule has 5 unspecified atom stereocenters. The molecule has 5 nitrogen and oxygen atoms in total. The molecule has 17 heavy (non-hydrogen) atoms. The van der Waals surface area contributed by atoms with E-state index in [0.29, 0.717) is 6.61 Å². The van der Waals surface area contributed by atoms with E-state index in [1.807, 2.05) is 20.8 Å². The molecule has 2 N–H and O–H groups in total. The molecule has 1 saturated heterocycles. The van der Waals surface area contributed by atoms with Crippen molar-refractivity contribution in [1.82, 2.24) is 0 Å². The second-order valence-electron chi connectivity index (χ2n) is 5.67. The fourth-order valence-corrected chi connectivity index (χ4v) is 3.43. The molecule has 5 heteroatoms. The standard InChI is InChI=1S/C12H19NO4/c1-4-15-10(14)12-5-6(12)7(13)8-9(12)17-11(2,3)16-8/h6-9H,4-5,13H2,1-3H3. The summed E-state index contributed by atoms with van der Waals surface area (Å²) in [7, 11) is 0. The SMILES string of the molecule is CCOC(=O)C12CC1C(N)C1OC(C)(C)OC12. The highest BCUT2D eigenvalue weighted by molar-refractivity contribution is 5.83. The number of ether oxygens (including phenoxy) is 3. The third-order valence-electron chi connectivity index (χ3n) is 4.20. The summed E-state index contributed by atoms with van der Waals surface area (Å²) >= 11 is 0. The van der Waals surface area contributed by atoms with Gasteiger partial charge in [0.05, 0.1) is 6.61 Å². The highest BCUT2D eigenvalue weighted by Crippen LogP contribution is 2.67. The zero-order valence-electron chi connectivity index (χ0n) is 10.4. The minimum Gasteiger partial charge on any atom is -0.465 e. The smallest absolute Gasteiger partial charge is 0.315 e. The van der Waals surface area contributed by atoms with Crippen molar-refractivity contribution in [2.75, 3.05) is 6.61 Å². The summed E-state index contributed by atoms with van der Waals surface area (Å²) in [6.07, 6.45) is 0.359. The molecule has 2 aliphatic carbocycles. The number of nitrogens with two attached hydrogens (primary N) is 1. The second-order valence-corrected chi connectivity index (χ2v) is 5.67. The molecule has 5 atom stereocenters. The highest BCUT2D eigenvalue weighted by atomic mass is 16.8. The molecule has 1 heterocycles. The molecule has 2 saturated carbocycles. The summed E-state index contributed by atoms with van der Waals surface area (Å²) in [5.41, 5.74) is 5.60. The number of rotatable bonds is 2. The van der Waals surface area contributed by atoms with Gasteiger partial charge in [-0.05, 0) is 33.1 Å². The number of carbonyl (C=O) groups is 1. The van der Waals surface area contributed by atoms with E-state index in [9.17, 15) is 4.79 Å². The van der Waals surface area contributed by atoms with E-state index in [0.717, 1.165) is 6.42 Å². The molecule has 1 aliphatic heterocycles. The van der Waals surface area contributed by atoms with E-state index in [4.69, 9.17) is 19.9 Å². The zero-order valence-corrected chi connectivity index (χ0v) is 10.4. The van der Waals surface area contributed by atoms with Crippen LogP contribution < -0.4 is 5.73 Å². The first kappa shape index (κ1) is 11.4. The molecular formula is C12H19NO4. The van der Waals surface area contributed by atoms with Crippen molar-refractivity contribution in [3.63, 3.8) is 0 Å². The lowest BCUT2D eigenvalue weighted by Crippen LogP contribution is -2.40. The first-order valence-corrected chi connectivity index (χ1v) is 6.21. The average Bonchev–Trinajstić information content (AvgIpc) is 2.85. The number of hydrogen-bond donors (Lipinski definition) is 1. The van der Waals surface area contributed by atoms with Gasteiger partial charge in [0.1, 0.15) is 17.6 Å². The van der Waals surface area contributed by atoms with Gasteiger partial charge in [-0.2, -0.15) is 0 Å². The molecule has 0 aromatic rings. The summed E-state index contributed by atoms with van der Waals surface area (Å²) in [5.74, 6) is -0.665. The van der Waals surface area contributed by atoms with Gasteiger partial charge in [0, 0.05) is 6.04 Å². The van der Waals surface area contributed by atoms with Crippen LogP contribution in [-0.2, 0) is 19.0 Å². The van der Waals surface area contributed by atoms with Crippen LogP contribution in [0, 0.1) is 11.3 Å². The van der Waals surface area contributed by atoms with E-state index >= 15 is 0 Å². The third-order valence-corrected chi connectivity index (χ3v) is 4.20. The Morgan fingerprint density at radius 1 is 1.47 bits per heavy atom. The van der Waals surface area contributed by atoms with Crippen LogP contribution in [0.5, 0.6) is 0 Å². The molecule has 0 spiro atoms. The molecule has 3 aliphatic rings. The van der Waals surface area contributed by atoms with Gasteiger partial charge in [-0.15, -0.1) is 0 Å². The fraction of sp³-hybridized carbons (Fsp3) is 0.917. The van der Waals surface area contributed by atoms with Gasteiger partial charge in [-0.1, -0.05) is 0 Å². The van der Waals surface area contributed by atoms with Crippen molar-refractivity contribution in [3.8, 4) is 0 Å². The molecule has 0 amide bonds. The Hall–Kier alpha value is -0.650. The molecule has 0 aromatic heterocycles. The van der Waals surface area contributed by atoms with Crippen LogP contribution in [0.3, 0.4) is 0 Å². The summed E-state index contributed by atoms with van der Waals surface area (Å²) in [6.45, 7) is 5.92. The van der Waals surface area contributed by atoms with Crippen LogP contribution in [0.4, 0.5) is 0 Å². The highest BCUT2D eigenvalue weighted by Gasteiger charge is 2.79. The molecule has 0 aromatic carbocycles. The van der Waals surface area contributed by atoms with Gasteiger partial charge in [0.2, 0.25) is 0 Å². The van der Waals surface area contributed by atoms with Crippen LogP contribution in [0.1, 0.15) is 27.2 Å². The molecule has 96 valence electrons. The van der Waals surface area contributed by atoms with E-state index in [1.54, 1.807) is 0 Å². The Kier molecular flexibility index (Phi) is 2.16. The van der Waals surface area contributed by atoms with Gasteiger partial charge in [-0.25, -0.2) is 0 Å². The Morgan fingerprint density at radius 3 is 2.82 bits per heavy atom. The number of fused-ring (bicyclic) bond motifs is 3. The van der Waals surface area contributed by atoms with Crippen LogP contribution in [0.15, 0.2) is 0 Å². The second kappa shape index (κ2) is 3.22. The number of hydrogen-bond acceptors (Lipinski definition) is 5. The Bertz CT molecular complexity index is 370. The van der Waals surface area contributed by atoms with E-state index in [-0.39, 0.29) is 30.1 Å². The van der Waals surface area contributed by atoms with Crippen LogP contribution in [0.2, 0.25) is 0 Å². The largest absolute Gasteiger partial charge is 0.465 e. The minimum absolute atomic E-state index is 0.119. The topological polar surface area (TPSA) is 70.8 Å². The van der Waals surface area contributed by atoms with Crippen molar-refractivity contribution in [2.45, 2.75) is 51.2 Å². The first-order valence-electron chi connectivity index (χ1n) is 6.21. The van der Waals surface area contributed by atoms with Crippen LogP contribution in [0.25, 0.3) is 0 Å². The predicted octanol–water partition coefficient (Wildman–Crippen LogP) is 0.417. The summed E-state index contributed by atoms with van der Waals surface area (Å²) in [6, 6.07) is -0.119. The lowest BCUT2D eigenvalue weighted by atomic mass is 9.99. The Labute approximate surface area is 101 Å². The molecule has 0 bridgehead atoms. The first-order chi connectivity index (χ1) is 7.92. The van der Waals surface area contributed by atoms with Crippen molar-refractivity contribution < 1.29 is 19.0 Å². The lowest BCUT2D eigenvalue weighted by molar-refractivity contribution is -0.171. The van der Waals surface area contributed by atoms with Crippen molar-refractivity contribution in [2.24, 2.45) is 17.1 Å². The number of esters is 1. The van der Waals surface area contributed by atoms with Crippen molar-refractivity contribution in [1.29, 1.82) is 0 Å². The monoisotopic (exact) mass is 241 g/mol. The van der Waals surface area contributed by atoms with Gasteiger partial charge in [0.15, 0.2) is 5.79 Å². The summed E-state index contributed by atoms with van der Waals surface area (Å²) in [4.78, 5) is 12.1. The lowest BCUT2D eigenvalue weighted by Gasteiger charge is -2.22. The maximum absolute atomic E-state index is 12.1. The third kappa shape index (κ3) is 1.33. The Balaban J connectivity index is 1.87. The molecule has 0 radical (unpaired) electrons. The normalized spacial score (nSPS) is 49.6. The van der Waals surface area contributed by atoms with E-state index in [2.05, 4.69) is 0 Å². The minimum atomic E-state index is -0.653. The van der Waals surface area contributed by atoms with Crippen molar-refractivity contribution >= 4 is 5.97 Å². The van der Waals surface area contributed by atoms with Gasteiger partial charge < -0.3 is 19.9 Å². The maximum Gasteiger partial charge on any atom is 0.315 e. The zero-order chi connectivity index (χ0) is 12.4. The maximum atomic E-state index is 12.1. The number of carbonyl (C=O) groups excluding carboxylic acids is 1. The molecular weight excluding hydrogens is 222 g/mol. The Morgan fingerprint density at radius 2 is 2.18 bits per heavy atom. The van der Waals surface area contributed by atoms with Gasteiger partial charge in [-0.3, -0.25) is 4.79 Å². The van der Waals surface area contributed by atoms with E-state index in [1.165, 1.54) is 0 Å². The molecule has 3 rings (SSSR count). The van der Waals surface area contributed by atoms with Crippen molar-refractivity contribution in [3.05, 3.63) is 0 Å².